The van der Waals surface area contributed by atoms with Crippen molar-refractivity contribution >= 4 is 12.0 Å². The molecule has 132 valence electrons. The number of hydrogen-bond acceptors (Lipinski definition) is 4. The van der Waals surface area contributed by atoms with E-state index in [1.54, 1.807) is 12.1 Å². The summed E-state index contributed by atoms with van der Waals surface area (Å²) in [7, 11) is 0. The van der Waals surface area contributed by atoms with E-state index >= 15 is 0 Å². The van der Waals surface area contributed by atoms with Gasteiger partial charge in [0.25, 0.3) is 5.91 Å². The molecular weight excluding hydrogens is 328 g/mol. The zero-order valence-corrected chi connectivity index (χ0v) is 14.7. The van der Waals surface area contributed by atoms with E-state index in [2.05, 4.69) is 5.32 Å². The number of aryl methyl sites for hydroxylation is 2. The predicted molar refractivity (Wildman–Crippen MR) is 100 cm³/mol. The van der Waals surface area contributed by atoms with Crippen LogP contribution in [-0.4, -0.2) is 16.1 Å². The highest BCUT2D eigenvalue weighted by molar-refractivity contribution is 5.97. The Labute approximate surface area is 152 Å². The molecule has 0 aliphatic carbocycles. The fourth-order valence-electron chi connectivity index (χ4n) is 2.24. The summed E-state index contributed by atoms with van der Waals surface area (Å²) in [5, 5.41) is 30.5. The van der Waals surface area contributed by atoms with Crippen molar-refractivity contribution in [1.29, 1.82) is 5.26 Å². The Hall–Kier alpha value is -3.52. The van der Waals surface area contributed by atoms with Crippen LogP contribution < -0.4 is 5.32 Å². The lowest BCUT2D eigenvalue weighted by molar-refractivity contribution is -0.117. The molecule has 0 aliphatic heterocycles. The molecule has 0 aromatic heterocycles. The number of phenolic OH excluding ortho intramolecular Hbond substituents is 2. The number of amides is 1. The van der Waals surface area contributed by atoms with Gasteiger partial charge in [-0.2, -0.15) is 5.26 Å². The number of carbonyl (C=O) groups excluding carboxylic acids is 1. The summed E-state index contributed by atoms with van der Waals surface area (Å²) in [6, 6.07) is 12.2. The third kappa shape index (κ3) is 4.99. The minimum Gasteiger partial charge on any atom is -0.504 e. The average molecular weight is 348 g/mol. The SMILES string of the molecule is Cc1ccc(/C=C/C=C(\C#N)C(=O)NCc2ccc(O)c(O)c2)cc1C. The van der Waals surface area contributed by atoms with Gasteiger partial charge in [-0.25, -0.2) is 0 Å². The smallest absolute Gasteiger partial charge is 0.262 e. The van der Waals surface area contributed by atoms with Gasteiger partial charge in [0.2, 0.25) is 0 Å². The number of phenols is 2. The number of carbonyl (C=O) groups is 1. The third-order valence-electron chi connectivity index (χ3n) is 3.94. The highest BCUT2D eigenvalue weighted by Crippen LogP contribution is 2.24. The van der Waals surface area contributed by atoms with E-state index in [-0.39, 0.29) is 23.6 Å². The molecule has 0 aliphatic rings. The lowest BCUT2D eigenvalue weighted by Gasteiger charge is -2.05. The van der Waals surface area contributed by atoms with Crippen molar-refractivity contribution in [2.24, 2.45) is 0 Å². The first-order valence-electron chi connectivity index (χ1n) is 8.05. The molecule has 1 amide bonds. The number of nitrogens with one attached hydrogen (secondary N) is 1. The maximum absolute atomic E-state index is 12.1. The predicted octanol–water partition coefficient (Wildman–Crippen LogP) is 3.49. The van der Waals surface area contributed by atoms with Crippen molar-refractivity contribution in [3.8, 4) is 17.6 Å². The van der Waals surface area contributed by atoms with E-state index in [4.69, 9.17) is 5.26 Å². The summed E-state index contributed by atoms with van der Waals surface area (Å²) in [6.45, 7) is 4.19. The molecule has 0 fully saturated rings. The molecule has 2 aromatic carbocycles. The number of nitriles is 1. The van der Waals surface area contributed by atoms with Gasteiger partial charge in [-0.15, -0.1) is 0 Å². The van der Waals surface area contributed by atoms with Crippen molar-refractivity contribution < 1.29 is 15.0 Å². The van der Waals surface area contributed by atoms with Crippen LogP contribution in [0, 0.1) is 25.2 Å². The first kappa shape index (κ1) is 18.8. The van der Waals surface area contributed by atoms with E-state index in [0.29, 0.717) is 5.56 Å². The highest BCUT2D eigenvalue weighted by atomic mass is 16.3. The van der Waals surface area contributed by atoms with Gasteiger partial charge in [-0.3, -0.25) is 4.79 Å². The van der Waals surface area contributed by atoms with Crippen molar-refractivity contribution in [2.75, 3.05) is 0 Å². The standard InChI is InChI=1S/C21H20N2O3/c1-14-6-7-16(10-15(14)2)4-3-5-18(12-22)21(26)23-13-17-8-9-19(24)20(25)11-17/h3-11,24-25H,13H2,1-2H3,(H,23,26)/b4-3+,18-5+. The maximum atomic E-state index is 12.1. The van der Waals surface area contributed by atoms with Crippen LogP contribution in [0.5, 0.6) is 11.5 Å². The molecule has 0 radical (unpaired) electrons. The van der Waals surface area contributed by atoms with Crippen LogP contribution in [0.25, 0.3) is 6.08 Å². The summed E-state index contributed by atoms with van der Waals surface area (Å²) < 4.78 is 0. The Morgan fingerprint density at radius 3 is 2.54 bits per heavy atom. The maximum Gasteiger partial charge on any atom is 0.262 e. The quantitative estimate of drug-likeness (QED) is 0.334. The Morgan fingerprint density at radius 2 is 1.88 bits per heavy atom. The van der Waals surface area contributed by atoms with Crippen molar-refractivity contribution in [1.82, 2.24) is 5.32 Å². The third-order valence-corrected chi connectivity index (χ3v) is 3.94. The largest absolute Gasteiger partial charge is 0.504 e. The molecular formula is C21H20N2O3. The van der Waals surface area contributed by atoms with E-state index in [1.165, 1.54) is 29.3 Å². The monoisotopic (exact) mass is 348 g/mol. The zero-order valence-electron chi connectivity index (χ0n) is 14.7. The van der Waals surface area contributed by atoms with Crippen molar-refractivity contribution in [3.63, 3.8) is 0 Å². The Bertz CT molecular complexity index is 921. The van der Waals surface area contributed by atoms with Gasteiger partial charge >= 0.3 is 0 Å². The van der Waals surface area contributed by atoms with Crippen LogP contribution in [0.3, 0.4) is 0 Å². The van der Waals surface area contributed by atoms with Gasteiger partial charge in [0, 0.05) is 6.54 Å². The lowest BCUT2D eigenvalue weighted by Crippen LogP contribution is -2.23. The number of allylic oxidation sites excluding steroid dienone is 2. The molecule has 0 atom stereocenters. The molecule has 2 rings (SSSR count). The van der Waals surface area contributed by atoms with Crippen LogP contribution in [0.15, 0.2) is 54.1 Å². The second-order valence-electron chi connectivity index (χ2n) is 5.90. The van der Waals surface area contributed by atoms with E-state index in [9.17, 15) is 15.0 Å². The second-order valence-corrected chi connectivity index (χ2v) is 5.90. The molecule has 5 heteroatoms. The lowest BCUT2D eigenvalue weighted by atomic mass is 10.1. The molecule has 26 heavy (non-hydrogen) atoms. The van der Waals surface area contributed by atoms with Crippen LogP contribution in [0.1, 0.15) is 22.3 Å². The van der Waals surface area contributed by atoms with Gasteiger partial charge in [0.05, 0.1) is 0 Å². The van der Waals surface area contributed by atoms with Gasteiger partial charge in [0.15, 0.2) is 11.5 Å². The van der Waals surface area contributed by atoms with Crippen molar-refractivity contribution in [3.05, 3.63) is 76.4 Å². The number of nitrogens with zero attached hydrogens (tertiary/aromatic N) is 1. The summed E-state index contributed by atoms with van der Waals surface area (Å²) in [4.78, 5) is 12.1. The van der Waals surface area contributed by atoms with E-state index in [1.807, 2.05) is 44.2 Å². The van der Waals surface area contributed by atoms with Crippen LogP contribution >= 0.6 is 0 Å². The summed E-state index contributed by atoms with van der Waals surface area (Å²) in [5.41, 5.74) is 3.95. The molecule has 0 bridgehead atoms. The van der Waals surface area contributed by atoms with E-state index in [0.717, 1.165) is 5.56 Å². The molecule has 2 aromatic rings. The number of hydrogen-bond donors (Lipinski definition) is 3. The minimum absolute atomic E-state index is 0.0203. The van der Waals surface area contributed by atoms with Gasteiger partial charge in [-0.05, 0) is 54.3 Å². The highest BCUT2D eigenvalue weighted by Gasteiger charge is 2.08. The fourth-order valence-corrected chi connectivity index (χ4v) is 2.24. The summed E-state index contributed by atoms with van der Waals surface area (Å²) >= 11 is 0. The zero-order chi connectivity index (χ0) is 19.1. The summed E-state index contributed by atoms with van der Waals surface area (Å²) in [6.07, 6.45) is 4.95. The minimum atomic E-state index is -0.509. The molecule has 0 spiro atoms. The normalized spacial score (nSPS) is 11.3. The molecule has 0 saturated carbocycles. The fraction of sp³-hybridized carbons (Fsp3) is 0.143. The Kier molecular flexibility index (Phi) is 6.18. The number of rotatable bonds is 5. The summed E-state index contributed by atoms with van der Waals surface area (Å²) in [5.74, 6) is -0.997. The number of benzene rings is 2. The average Bonchev–Trinajstić information content (AvgIpc) is 2.62. The topological polar surface area (TPSA) is 93.4 Å². The van der Waals surface area contributed by atoms with E-state index < -0.39 is 5.91 Å². The van der Waals surface area contributed by atoms with Crippen molar-refractivity contribution in [2.45, 2.75) is 20.4 Å². The molecule has 0 heterocycles. The van der Waals surface area contributed by atoms with Gasteiger partial charge in [-0.1, -0.05) is 36.4 Å². The first-order chi connectivity index (χ1) is 12.4. The van der Waals surface area contributed by atoms with Gasteiger partial charge < -0.3 is 15.5 Å². The Morgan fingerprint density at radius 1 is 1.12 bits per heavy atom. The molecule has 0 unspecified atom stereocenters. The number of aromatic hydroxyl groups is 2. The van der Waals surface area contributed by atoms with Crippen LogP contribution in [0.4, 0.5) is 0 Å². The molecule has 0 saturated heterocycles. The van der Waals surface area contributed by atoms with Crippen LogP contribution in [-0.2, 0) is 11.3 Å². The first-order valence-corrected chi connectivity index (χ1v) is 8.05. The second kappa shape index (κ2) is 8.54. The Balaban J connectivity index is 2.01. The molecule has 5 nitrogen and oxygen atoms in total. The molecule has 3 N–H and O–H groups in total. The van der Waals surface area contributed by atoms with Crippen LogP contribution in [0.2, 0.25) is 0 Å². The van der Waals surface area contributed by atoms with Gasteiger partial charge in [0.1, 0.15) is 11.6 Å².